The molecule has 0 atom stereocenters. The third-order valence-corrected chi connectivity index (χ3v) is 6.03. The molecule has 1 N–H and O–H groups in total. The van der Waals surface area contributed by atoms with E-state index >= 15 is 0 Å². The first-order chi connectivity index (χ1) is 9.35. The van der Waals surface area contributed by atoms with E-state index in [0.717, 1.165) is 32.9 Å². The van der Waals surface area contributed by atoms with Crippen molar-refractivity contribution in [1.82, 2.24) is 0 Å². The van der Waals surface area contributed by atoms with E-state index in [0.29, 0.717) is 0 Å². The van der Waals surface area contributed by atoms with E-state index in [1.165, 1.54) is 0 Å². The lowest BCUT2D eigenvalue weighted by Gasteiger charge is -2.19. The SMILES string of the molecule is Cc1cc(C)cc(P(=O)(CO)c2cc(C)cc(C)c2)c1. The molecule has 0 saturated carbocycles. The molecule has 2 aromatic rings. The van der Waals surface area contributed by atoms with E-state index < -0.39 is 7.14 Å². The minimum atomic E-state index is -2.96. The molecule has 0 aliphatic heterocycles. The van der Waals surface area contributed by atoms with E-state index in [-0.39, 0.29) is 6.35 Å². The van der Waals surface area contributed by atoms with Crippen molar-refractivity contribution < 1.29 is 9.67 Å². The van der Waals surface area contributed by atoms with Gasteiger partial charge in [-0.05, 0) is 52.0 Å². The molecular weight excluding hydrogens is 267 g/mol. The zero-order chi connectivity index (χ0) is 14.9. The molecule has 106 valence electrons. The monoisotopic (exact) mass is 288 g/mol. The van der Waals surface area contributed by atoms with Gasteiger partial charge in [-0.2, -0.15) is 0 Å². The smallest absolute Gasteiger partial charge is 0.167 e. The molecule has 0 fully saturated rings. The van der Waals surface area contributed by atoms with Gasteiger partial charge in [0, 0.05) is 10.6 Å². The van der Waals surface area contributed by atoms with Gasteiger partial charge < -0.3 is 9.67 Å². The van der Waals surface area contributed by atoms with E-state index in [2.05, 4.69) is 0 Å². The summed E-state index contributed by atoms with van der Waals surface area (Å²) in [6.07, 6.45) is -0.335. The van der Waals surface area contributed by atoms with Gasteiger partial charge in [-0.3, -0.25) is 0 Å². The summed E-state index contributed by atoms with van der Waals surface area (Å²) in [5.74, 6) is 0. The zero-order valence-electron chi connectivity index (χ0n) is 12.5. The molecule has 20 heavy (non-hydrogen) atoms. The van der Waals surface area contributed by atoms with Crippen LogP contribution in [-0.4, -0.2) is 11.5 Å². The van der Waals surface area contributed by atoms with E-state index in [1.807, 2.05) is 64.1 Å². The minimum Gasteiger partial charge on any atom is -0.388 e. The highest BCUT2D eigenvalue weighted by Crippen LogP contribution is 2.42. The summed E-state index contributed by atoms with van der Waals surface area (Å²) in [7, 11) is -2.96. The Morgan fingerprint density at radius 1 is 0.750 bits per heavy atom. The summed E-state index contributed by atoms with van der Waals surface area (Å²) in [4.78, 5) is 0. The van der Waals surface area contributed by atoms with Crippen LogP contribution in [0.2, 0.25) is 0 Å². The summed E-state index contributed by atoms with van der Waals surface area (Å²) in [6.45, 7) is 7.94. The van der Waals surface area contributed by atoms with Crippen LogP contribution in [0.25, 0.3) is 0 Å². The Morgan fingerprint density at radius 2 is 1.05 bits per heavy atom. The number of aryl methyl sites for hydroxylation is 4. The third kappa shape index (κ3) is 2.87. The van der Waals surface area contributed by atoms with Crippen LogP contribution in [0.15, 0.2) is 36.4 Å². The fourth-order valence-electron chi connectivity index (χ4n) is 2.63. The predicted molar refractivity (Wildman–Crippen MR) is 85.8 cm³/mol. The quantitative estimate of drug-likeness (QED) is 0.881. The summed E-state index contributed by atoms with van der Waals surface area (Å²) >= 11 is 0. The van der Waals surface area contributed by atoms with Gasteiger partial charge in [0.2, 0.25) is 0 Å². The summed E-state index contributed by atoms with van der Waals surface area (Å²) < 4.78 is 13.3. The van der Waals surface area contributed by atoms with Crippen molar-refractivity contribution in [2.75, 3.05) is 6.35 Å². The summed E-state index contributed by atoms with van der Waals surface area (Å²) in [6, 6.07) is 11.8. The second-order valence-corrected chi connectivity index (χ2v) is 8.37. The predicted octanol–water partition coefficient (Wildman–Crippen LogP) is 3.18. The van der Waals surface area contributed by atoms with Crippen LogP contribution in [0.4, 0.5) is 0 Å². The van der Waals surface area contributed by atoms with Crippen LogP contribution in [0, 0.1) is 27.7 Å². The van der Waals surface area contributed by atoms with Gasteiger partial charge in [0.05, 0.1) is 0 Å². The first-order valence-electron chi connectivity index (χ1n) is 6.73. The Labute approximate surface area is 120 Å². The molecule has 2 nitrogen and oxygen atoms in total. The maximum atomic E-state index is 13.3. The number of benzene rings is 2. The van der Waals surface area contributed by atoms with Crippen molar-refractivity contribution in [3.05, 3.63) is 58.7 Å². The van der Waals surface area contributed by atoms with Crippen LogP contribution < -0.4 is 10.6 Å². The van der Waals surface area contributed by atoms with Crippen molar-refractivity contribution >= 4 is 17.8 Å². The molecule has 0 spiro atoms. The Morgan fingerprint density at radius 3 is 1.30 bits per heavy atom. The lowest BCUT2D eigenvalue weighted by Crippen LogP contribution is -2.20. The normalized spacial score (nSPS) is 11.7. The first-order valence-corrected chi connectivity index (χ1v) is 8.62. The van der Waals surface area contributed by atoms with Crippen molar-refractivity contribution in [3.63, 3.8) is 0 Å². The van der Waals surface area contributed by atoms with Gasteiger partial charge in [0.25, 0.3) is 0 Å². The average Bonchev–Trinajstić information content (AvgIpc) is 2.35. The fraction of sp³-hybridized carbons (Fsp3) is 0.294. The van der Waals surface area contributed by atoms with Crippen molar-refractivity contribution in [1.29, 1.82) is 0 Å². The molecule has 0 aromatic heterocycles. The van der Waals surface area contributed by atoms with Gasteiger partial charge in [-0.1, -0.05) is 34.4 Å². The topological polar surface area (TPSA) is 37.3 Å². The lowest BCUT2D eigenvalue weighted by molar-refractivity contribution is 0.362. The van der Waals surface area contributed by atoms with Crippen molar-refractivity contribution in [3.8, 4) is 0 Å². The largest absolute Gasteiger partial charge is 0.388 e. The molecule has 0 bridgehead atoms. The van der Waals surface area contributed by atoms with Crippen molar-refractivity contribution in [2.45, 2.75) is 27.7 Å². The second kappa shape index (κ2) is 5.55. The van der Waals surface area contributed by atoms with Gasteiger partial charge in [0.15, 0.2) is 7.14 Å². The van der Waals surface area contributed by atoms with E-state index in [9.17, 15) is 9.67 Å². The van der Waals surface area contributed by atoms with Gasteiger partial charge in [-0.25, -0.2) is 0 Å². The number of hydrogen-bond acceptors (Lipinski definition) is 2. The van der Waals surface area contributed by atoms with Crippen LogP contribution in [0.3, 0.4) is 0 Å². The Kier molecular flexibility index (Phi) is 4.17. The third-order valence-electron chi connectivity index (χ3n) is 3.45. The Hall–Kier alpha value is -1.37. The average molecular weight is 288 g/mol. The molecule has 0 radical (unpaired) electrons. The molecule has 2 rings (SSSR count). The number of hydrogen-bond donors (Lipinski definition) is 1. The second-order valence-electron chi connectivity index (χ2n) is 5.57. The summed E-state index contributed by atoms with van der Waals surface area (Å²) in [5, 5.41) is 11.3. The standard InChI is InChI=1S/C17H21O2P/c1-12-5-13(2)8-16(7-12)20(19,11-18)17-9-14(3)6-15(4)10-17/h5-10,18H,11H2,1-4H3. The fourth-order valence-corrected chi connectivity index (χ4v) is 4.90. The molecule has 0 saturated heterocycles. The van der Waals surface area contributed by atoms with Gasteiger partial charge in [-0.15, -0.1) is 0 Å². The van der Waals surface area contributed by atoms with Gasteiger partial charge >= 0.3 is 0 Å². The highest BCUT2D eigenvalue weighted by molar-refractivity contribution is 7.78. The van der Waals surface area contributed by atoms with E-state index in [1.54, 1.807) is 0 Å². The minimum absolute atomic E-state index is 0.335. The molecule has 2 aromatic carbocycles. The molecule has 0 unspecified atom stereocenters. The van der Waals surface area contributed by atoms with Crippen molar-refractivity contribution in [2.24, 2.45) is 0 Å². The molecule has 0 aliphatic carbocycles. The zero-order valence-corrected chi connectivity index (χ0v) is 13.4. The Balaban J connectivity index is 2.66. The molecule has 0 heterocycles. The molecular formula is C17H21O2P. The lowest BCUT2D eigenvalue weighted by atomic mass is 10.2. The number of aliphatic hydroxyl groups excluding tert-OH is 1. The van der Waals surface area contributed by atoms with Crippen LogP contribution in [0.1, 0.15) is 22.3 Å². The highest BCUT2D eigenvalue weighted by atomic mass is 31.2. The molecule has 0 aliphatic rings. The number of aliphatic hydroxyl groups is 1. The Bertz CT molecular complexity index is 593. The van der Waals surface area contributed by atoms with Crippen LogP contribution in [0.5, 0.6) is 0 Å². The first kappa shape index (κ1) is 15.0. The molecule has 3 heteroatoms. The molecule has 0 amide bonds. The maximum Gasteiger partial charge on any atom is 0.167 e. The van der Waals surface area contributed by atoms with Crippen LogP contribution >= 0.6 is 7.14 Å². The van der Waals surface area contributed by atoms with Gasteiger partial charge in [0.1, 0.15) is 6.35 Å². The van der Waals surface area contributed by atoms with E-state index in [4.69, 9.17) is 0 Å². The maximum absolute atomic E-state index is 13.3. The van der Waals surface area contributed by atoms with Crippen LogP contribution in [-0.2, 0) is 4.57 Å². The summed E-state index contributed by atoms with van der Waals surface area (Å²) in [5.41, 5.74) is 4.27. The number of rotatable bonds is 3. The highest BCUT2D eigenvalue weighted by Gasteiger charge is 2.27.